The van der Waals surface area contributed by atoms with Gasteiger partial charge in [-0.1, -0.05) is 6.92 Å². The first kappa shape index (κ1) is 10.4. The van der Waals surface area contributed by atoms with Gasteiger partial charge in [0.05, 0.1) is 19.3 Å². The van der Waals surface area contributed by atoms with Crippen LogP contribution in [0.5, 0.6) is 0 Å². The lowest BCUT2D eigenvalue weighted by molar-refractivity contribution is 0.0367. The van der Waals surface area contributed by atoms with Crippen molar-refractivity contribution < 1.29 is 14.3 Å². The fraction of sp³-hybridized carbons (Fsp3) is 0.700. The van der Waals surface area contributed by atoms with Gasteiger partial charge in [-0.3, -0.25) is 0 Å². The van der Waals surface area contributed by atoms with Crippen molar-refractivity contribution in [2.75, 3.05) is 24.6 Å². The average Bonchev–Trinajstić information content (AvgIpc) is 2.78. The van der Waals surface area contributed by atoms with Crippen LogP contribution in [0.4, 0.5) is 6.01 Å². The number of hydrogen-bond acceptors (Lipinski definition) is 5. The highest BCUT2D eigenvalue weighted by Crippen LogP contribution is 2.18. The summed E-state index contributed by atoms with van der Waals surface area (Å²) < 4.78 is 10.8. The first-order valence-corrected chi connectivity index (χ1v) is 5.25. The Kier molecular flexibility index (Phi) is 3.23. The van der Waals surface area contributed by atoms with Crippen molar-refractivity contribution in [1.29, 1.82) is 0 Å². The van der Waals surface area contributed by atoms with Crippen molar-refractivity contribution in [1.82, 2.24) is 4.98 Å². The predicted octanol–water partition coefficient (Wildman–Crippen LogP) is 0.782. The molecule has 0 spiro atoms. The van der Waals surface area contributed by atoms with Crippen LogP contribution in [-0.4, -0.2) is 35.9 Å². The Bertz CT molecular complexity index is 313. The van der Waals surface area contributed by atoms with Crippen molar-refractivity contribution in [3.63, 3.8) is 0 Å². The number of morpholine rings is 1. The van der Waals surface area contributed by atoms with Gasteiger partial charge in [0.25, 0.3) is 6.01 Å². The third-order valence-corrected chi connectivity index (χ3v) is 2.57. The highest BCUT2D eigenvalue weighted by atomic mass is 16.5. The lowest BCUT2D eigenvalue weighted by Gasteiger charge is -2.31. The van der Waals surface area contributed by atoms with E-state index in [1.807, 2.05) is 0 Å². The molecule has 1 saturated heterocycles. The molecule has 1 atom stereocenters. The Balaban J connectivity index is 2.03. The Morgan fingerprint density at radius 1 is 1.67 bits per heavy atom. The summed E-state index contributed by atoms with van der Waals surface area (Å²) in [5.41, 5.74) is 0.574. The molecule has 5 heteroatoms. The first-order valence-electron chi connectivity index (χ1n) is 5.25. The molecule has 1 aromatic rings. The molecule has 1 aliphatic rings. The maximum atomic E-state index is 8.88. The second kappa shape index (κ2) is 4.63. The van der Waals surface area contributed by atoms with Gasteiger partial charge in [0.2, 0.25) is 0 Å². The van der Waals surface area contributed by atoms with Crippen molar-refractivity contribution >= 4 is 6.01 Å². The van der Waals surface area contributed by atoms with Gasteiger partial charge in [0.1, 0.15) is 12.0 Å². The molecule has 2 rings (SSSR count). The molecule has 0 radical (unpaired) electrons. The number of ether oxygens (including phenoxy) is 1. The molecule has 2 heterocycles. The first-order chi connectivity index (χ1) is 7.33. The molecular formula is C10H16N2O3. The van der Waals surface area contributed by atoms with Crippen molar-refractivity contribution in [3.05, 3.63) is 12.0 Å². The molecule has 15 heavy (non-hydrogen) atoms. The summed E-state index contributed by atoms with van der Waals surface area (Å²) in [5.74, 6) is 0. The third kappa shape index (κ3) is 2.30. The molecule has 84 valence electrons. The van der Waals surface area contributed by atoms with Crippen LogP contribution in [0, 0.1) is 0 Å². The van der Waals surface area contributed by atoms with E-state index in [2.05, 4.69) is 16.8 Å². The van der Waals surface area contributed by atoms with Crippen LogP contribution in [0.1, 0.15) is 19.0 Å². The van der Waals surface area contributed by atoms with Crippen LogP contribution in [0.25, 0.3) is 0 Å². The van der Waals surface area contributed by atoms with Crippen molar-refractivity contribution in [2.45, 2.75) is 26.1 Å². The molecular weight excluding hydrogens is 196 g/mol. The molecule has 1 fully saturated rings. The number of aromatic nitrogens is 1. The molecule has 1 unspecified atom stereocenters. The average molecular weight is 212 g/mol. The van der Waals surface area contributed by atoms with Gasteiger partial charge in [-0.2, -0.15) is 4.98 Å². The zero-order valence-electron chi connectivity index (χ0n) is 8.85. The molecule has 0 amide bonds. The molecule has 0 aliphatic carbocycles. The Labute approximate surface area is 88.7 Å². The number of aliphatic hydroxyl groups is 1. The highest BCUT2D eigenvalue weighted by Gasteiger charge is 2.22. The molecule has 1 aliphatic heterocycles. The molecule has 0 aromatic carbocycles. The molecule has 5 nitrogen and oxygen atoms in total. The largest absolute Gasteiger partial charge is 0.432 e. The minimum Gasteiger partial charge on any atom is -0.432 e. The highest BCUT2D eigenvalue weighted by molar-refractivity contribution is 5.27. The van der Waals surface area contributed by atoms with Crippen LogP contribution in [-0.2, 0) is 11.3 Å². The maximum Gasteiger partial charge on any atom is 0.297 e. The fourth-order valence-electron chi connectivity index (χ4n) is 1.65. The zero-order chi connectivity index (χ0) is 10.7. The van der Waals surface area contributed by atoms with Gasteiger partial charge in [0, 0.05) is 13.1 Å². The second-order valence-corrected chi connectivity index (χ2v) is 3.63. The van der Waals surface area contributed by atoms with Gasteiger partial charge < -0.3 is 19.2 Å². The van der Waals surface area contributed by atoms with E-state index < -0.39 is 0 Å². The maximum absolute atomic E-state index is 8.88. The van der Waals surface area contributed by atoms with E-state index in [1.165, 1.54) is 6.26 Å². The summed E-state index contributed by atoms with van der Waals surface area (Å²) in [7, 11) is 0. The van der Waals surface area contributed by atoms with Crippen molar-refractivity contribution in [2.24, 2.45) is 0 Å². The summed E-state index contributed by atoms with van der Waals surface area (Å²) in [6.45, 7) is 4.33. The summed E-state index contributed by atoms with van der Waals surface area (Å²) in [4.78, 5) is 6.23. The number of hydrogen-bond donors (Lipinski definition) is 1. The van der Waals surface area contributed by atoms with E-state index in [1.54, 1.807) is 0 Å². The predicted molar refractivity (Wildman–Crippen MR) is 54.7 cm³/mol. The van der Waals surface area contributed by atoms with Crippen LogP contribution in [0.15, 0.2) is 10.7 Å². The summed E-state index contributed by atoms with van der Waals surface area (Å²) in [5, 5.41) is 8.88. The number of aliphatic hydroxyl groups excluding tert-OH is 1. The van der Waals surface area contributed by atoms with Gasteiger partial charge in [-0.25, -0.2) is 0 Å². The second-order valence-electron chi connectivity index (χ2n) is 3.63. The standard InChI is InChI=1S/C10H16N2O3/c1-2-9-5-12(3-4-14-9)10-11-8(6-13)7-15-10/h7,9,13H,2-6H2,1H3. The normalized spacial score (nSPS) is 22.0. The van der Waals surface area contributed by atoms with E-state index in [9.17, 15) is 0 Å². The molecule has 1 aromatic heterocycles. The minimum absolute atomic E-state index is 0.0783. The number of oxazole rings is 1. The fourth-order valence-corrected chi connectivity index (χ4v) is 1.65. The SMILES string of the molecule is CCC1CN(c2nc(CO)co2)CCO1. The monoisotopic (exact) mass is 212 g/mol. The Hall–Kier alpha value is -1.07. The topological polar surface area (TPSA) is 58.7 Å². The van der Waals surface area contributed by atoms with Crippen molar-refractivity contribution in [3.8, 4) is 0 Å². The van der Waals surface area contributed by atoms with E-state index in [0.717, 1.165) is 19.5 Å². The van der Waals surface area contributed by atoms with Crippen LogP contribution >= 0.6 is 0 Å². The van der Waals surface area contributed by atoms with Crippen LogP contribution in [0.3, 0.4) is 0 Å². The summed E-state index contributed by atoms with van der Waals surface area (Å²) >= 11 is 0. The van der Waals surface area contributed by atoms with Gasteiger partial charge >= 0.3 is 0 Å². The van der Waals surface area contributed by atoms with E-state index in [0.29, 0.717) is 18.3 Å². The number of rotatable bonds is 3. The Morgan fingerprint density at radius 2 is 2.53 bits per heavy atom. The number of nitrogens with zero attached hydrogens (tertiary/aromatic N) is 2. The van der Waals surface area contributed by atoms with E-state index >= 15 is 0 Å². The lowest BCUT2D eigenvalue weighted by Crippen LogP contribution is -2.42. The van der Waals surface area contributed by atoms with Gasteiger partial charge in [-0.15, -0.1) is 0 Å². The minimum atomic E-state index is -0.0783. The molecule has 0 saturated carbocycles. The third-order valence-electron chi connectivity index (χ3n) is 2.57. The van der Waals surface area contributed by atoms with Gasteiger partial charge in [0.15, 0.2) is 0 Å². The zero-order valence-corrected chi connectivity index (χ0v) is 8.85. The van der Waals surface area contributed by atoms with E-state index in [-0.39, 0.29) is 12.7 Å². The lowest BCUT2D eigenvalue weighted by atomic mass is 10.2. The molecule has 0 bridgehead atoms. The van der Waals surface area contributed by atoms with Gasteiger partial charge in [-0.05, 0) is 6.42 Å². The summed E-state index contributed by atoms with van der Waals surface area (Å²) in [6.07, 6.45) is 2.73. The van der Waals surface area contributed by atoms with E-state index in [4.69, 9.17) is 14.3 Å². The Morgan fingerprint density at radius 3 is 3.20 bits per heavy atom. The number of anilines is 1. The van der Waals surface area contributed by atoms with Crippen LogP contribution in [0.2, 0.25) is 0 Å². The smallest absolute Gasteiger partial charge is 0.297 e. The quantitative estimate of drug-likeness (QED) is 0.802. The summed E-state index contributed by atoms with van der Waals surface area (Å²) in [6, 6.07) is 0.584. The molecule has 1 N–H and O–H groups in total. The van der Waals surface area contributed by atoms with Crippen LogP contribution < -0.4 is 4.90 Å².